The number of hydrogen-bond donors (Lipinski definition) is 1. The van der Waals surface area contributed by atoms with Crippen LogP contribution in [0.15, 0.2) is 79.0 Å². The Labute approximate surface area is 162 Å². The molecular weight excluding hydrogens is 350 g/mol. The molecule has 1 aromatic heterocycles. The van der Waals surface area contributed by atoms with E-state index in [0.717, 1.165) is 27.7 Å². The zero-order valence-electron chi connectivity index (χ0n) is 15.4. The van der Waals surface area contributed by atoms with Gasteiger partial charge in [-0.25, -0.2) is 0 Å². The quantitative estimate of drug-likeness (QED) is 0.288. The Morgan fingerprint density at radius 2 is 1.68 bits per heavy atom. The monoisotopic (exact) mass is 369 g/mol. The largest absolute Gasteiger partial charge is 0.316 e. The molecule has 0 atom stereocenters. The predicted molar refractivity (Wildman–Crippen MR) is 112 cm³/mol. The highest BCUT2D eigenvalue weighted by Gasteiger charge is 2.15. The lowest BCUT2D eigenvalue weighted by molar-refractivity contribution is -0.384. The van der Waals surface area contributed by atoms with Crippen LogP contribution in [0, 0.1) is 22.4 Å². The summed E-state index contributed by atoms with van der Waals surface area (Å²) in [5, 5.41) is 20.6. The lowest BCUT2D eigenvalue weighted by atomic mass is 9.99. The molecule has 0 radical (unpaired) electrons. The number of benzene rings is 3. The molecule has 0 aliphatic rings. The summed E-state index contributed by atoms with van der Waals surface area (Å²) < 4.78 is 1.99. The van der Waals surface area contributed by atoms with Crippen molar-refractivity contribution in [2.75, 3.05) is 0 Å². The lowest BCUT2D eigenvalue weighted by Crippen LogP contribution is -2.04. The Hall–Kier alpha value is -3.73. The first-order valence-corrected chi connectivity index (χ1v) is 9.02. The van der Waals surface area contributed by atoms with E-state index in [4.69, 9.17) is 5.41 Å². The van der Waals surface area contributed by atoms with E-state index in [-0.39, 0.29) is 5.69 Å². The van der Waals surface area contributed by atoms with Crippen molar-refractivity contribution in [2.24, 2.45) is 0 Å². The zero-order valence-corrected chi connectivity index (χ0v) is 15.4. The number of aromatic nitrogens is 1. The molecule has 0 amide bonds. The lowest BCUT2D eigenvalue weighted by Gasteiger charge is -2.06. The average Bonchev–Trinajstić information content (AvgIpc) is 3.10. The van der Waals surface area contributed by atoms with Gasteiger partial charge < -0.3 is 9.98 Å². The van der Waals surface area contributed by atoms with Crippen LogP contribution in [0.4, 0.5) is 5.69 Å². The second kappa shape index (κ2) is 7.12. The van der Waals surface area contributed by atoms with Gasteiger partial charge in [-0.2, -0.15) is 0 Å². The van der Waals surface area contributed by atoms with E-state index in [2.05, 4.69) is 19.1 Å². The van der Waals surface area contributed by atoms with Crippen LogP contribution in [0.3, 0.4) is 0 Å². The first-order chi connectivity index (χ1) is 13.5. The maximum atomic E-state index is 10.9. The molecule has 4 rings (SSSR count). The van der Waals surface area contributed by atoms with Gasteiger partial charge in [0.05, 0.1) is 10.4 Å². The second-order valence-corrected chi connectivity index (χ2v) is 6.79. The molecule has 28 heavy (non-hydrogen) atoms. The minimum absolute atomic E-state index is 0.0627. The maximum absolute atomic E-state index is 10.9. The smallest absolute Gasteiger partial charge is 0.269 e. The Bertz CT molecular complexity index is 1190. The van der Waals surface area contributed by atoms with Gasteiger partial charge in [-0.05, 0) is 36.2 Å². The third kappa shape index (κ3) is 3.18. The van der Waals surface area contributed by atoms with Crippen molar-refractivity contribution in [1.29, 1.82) is 5.41 Å². The van der Waals surface area contributed by atoms with Crippen molar-refractivity contribution in [1.82, 2.24) is 4.57 Å². The number of nitrogens with zero attached hydrogens (tertiary/aromatic N) is 2. The van der Waals surface area contributed by atoms with Crippen LogP contribution in [-0.4, -0.2) is 15.2 Å². The van der Waals surface area contributed by atoms with Gasteiger partial charge in [-0.1, -0.05) is 42.5 Å². The second-order valence-electron chi connectivity index (χ2n) is 6.79. The molecule has 3 aromatic carbocycles. The number of nitro groups is 1. The molecule has 0 unspecified atom stereocenters. The number of non-ortho nitro benzene ring substituents is 1. The van der Waals surface area contributed by atoms with Gasteiger partial charge in [0.15, 0.2) is 0 Å². The molecular formula is C23H19N3O2. The van der Waals surface area contributed by atoms with Gasteiger partial charge in [0.1, 0.15) is 0 Å². The highest BCUT2D eigenvalue weighted by Crippen LogP contribution is 2.27. The molecule has 0 saturated carbocycles. The summed E-state index contributed by atoms with van der Waals surface area (Å²) in [6.45, 7) is 2.06. The summed E-state index contributed by atoms with van der Waals surface area (Å²) in [6.07, 6.45) is 2.51. The molecule has 4 aromatic rings. The normalized spacial score (nSPS) is 10.9. The molecule has 0 bridgehead atoms. The number of fused-ring (bicyclic) bond motifs is 1. The highest BCUT2D eigenvalue weighted by atomic mass is 16.6. The molecule has 1 N–H and O–H groups in total. The number of para-hydroxylation sites is 1. The highest BCUT2D eigenvalue weighted by molar-refractivity contribution is 6.10. The van der Waals surface area contributed by atoms with Crippen molar-refractivity contribution < 1.29 is 4.92 Å². The van der Waals surface area contributed by atoms with Gasteiger partial charge >= 0.3 is 0 Å². The van der Waals surface area contributed by atoms with Crippen molar-refractivity contribution in [3.05, 3.63) is 106 Å². The SMILES string of the molecule is Cc1ccccc1CC(=N)c1cn(-c2ccc([N+](=O)[O-])cc2)c2ccccc12. The molecule has 0 fully saturated rings. The molecule has 5 nitrogen and oxygen atoms in total. The molecule has 5 heteroatoms. The first kappa shape index (κ1) is 17.7. The number of nitro benzene ring substituents is 1. The van der Waals surface area contributed by atoms with E-state index in [9.17, 15) is 10.1 Å². The van der Waals surface area contributed by atoms with Crippen LogP contribution in [0.2, 0.25) is 0 Å². The van der Waals surface area contributed by atoms with E-state index in [0.29, 0.717) is 12.1 Å². The molecule has 0 spiro atoms. The fourth-order valence-electron chi connectivity index (χ4n) is 3.46. The third-order valence-corrected chi connectivity index (χ3v) is 5.00. The van der Waals surface area contributed by atoms with Crippen molar-refractivity contribution in [3.63, 3.8) is 0 Å². The molecule has 0 aliphatic heterocycles. The number of rotatable bonds is 5. The Morgan fingerprint density at radius 1 is 1.00 bits per heavy atom. The van der Waals surface area contributed by atoms with Gasteiger partial charge in [0, 0.05) is 47.1 Å². The van der Waals surface area contributed by atoms with E-state index in [1.54, 1.807) is 12.1 Å². The number of nitrogens with one attached hydrogen (secondary N) is 1. The summed E-state index contributed by atoms with van der Waals surface area (Å²) in [7, 11) is 0. The van der Waals surface area contributed by atoms with E-state index < -0.39 is 4.92 Å². The number of hydrogen-bond acceptors (Lipinski definition) is 3. The summed E-state index contributed by atoms with van der Waals surface area (Å²) in [5.41, 5.74) is 5.60. The van der Waals surface area contributed by atoms with Crippen molar-refractivity contribution >= 4 is 22.3 Å². The van der Waals surface area contributed by atoms with E-state index in [1.807, 2.05) is 47.2 Å². The fraction of sp³-hybridized carbons (Fsp3) is 0.0870. The summed E-state index contributed by atoms with van der Waals surface area (Å²) in [6, 6.07) is 22.5. The molecule has 0 aliphatic carbocycles. The van der Waals surface area contributed by atoms with Crippen LogP contribution in [0.1, 0.15) is 16.7 Å². The van der Waals surface area contributed by atoms with Crippen LogP contribution >= 0.6 is 0 Å². The van der Waals surface area contributed by atoms with Crippen LogP contribution < -0.4 is 0 Å². The van der Waals surface area contributed by atoms with E-state index >= 15 is 0 Å². The molecule has 1 heterocycles. The number of aryl methyl sites for hydroxylation is 1. The van der Waals surface area contributed by atoms with Gasteiger partial charge in [0.25, 0.3) is 5.69 Å². The third-order valence-electron chi connectivity index (χ3n) is 5.00. The Balaban J connectivity index is 1.77. The Morgan fingerprint density at radius 3 is 2.39 bits per heavy atom. The summed E-state index contributed by atoms with van der Waals surface area (Å²) in [4.78, 5) is 10.5. The van der Waals surface area contributed by atoms with Gasteiger partial charge in [0.2, 0.25) is 0 Å². The Kier molecular flexibility index (Phi) is 4.49. The van der Waals surface area contributed by atoms with Gasteiger partial charge in [-0.15, -0.1) is 0 Å². The van der Waals surface area contributed by atoms with Crippen molar-refractivity contribution in [2.45, 2.75) is 13.3 Å². The average molecular weight is 369 g/mol. The van der Waals surface area contributed by atoms with Crippen molar-refractivity contribution in [3.8, 4) is 5.69 Å². The molecule has 0 saturated heterocycles. The summed E-state index contributed by atoms with van der Waals surface area (Å²) >= 11 is 0. The fourth-order valence-corrected chi connectivity index (χ4v) is 3.46. The van der Waals surface area contributed by atoms with Gasteiger partial charge in [-0.3, -0.25) is 10.1 Å². The minimum Gasteiger partial charge on any atom is -0.316 e. The van der Waals surface area contributed by atoms with Crippen LogP contribution in [-0.2, 0) is 6.42 Å². The minimum atomic E-state index is -0.402. The zero-order chi connectivity index (χ0) is 19.7. The first-order valence-electron chi connectivity index (χ1n) is 9.02. The topological polar surface area (TPSA) is 71.9 Å². The van der Waals surface area contributed by atoms with Crippen LogP contribution in [0.5, 0.6) is 0 Å². The maximum Gasteiger partial charge on any atom is 0.269 e. The summed E-state index contributed by atoms with van der Waals surface area (Å²) in [5.74, 6) is 0. The van der Waals surface area contributed by atoms with E-state index in [1.165, 1.54) is 17.7 Å². The van der Waals surface area contributed by atoms with Crippen LogP contribution in [0.25, 0.3) is 16.6 Å². The predicted octanol–water partition coefficient (Wildman–Crippen LogP) is 5.46. The standard InChI is InChI=1S/C23H19N3O2/c1-16-6-2-3-7-17(16)14-22(24)21-15-25(23-9-5-4-8-20(21)23)18-10-12-19(13-11-18)26(27)28/h2-13,15,24H,14H2,1H3. The molecule has 138 valence electrons.